The van der Waals surface area contributed by atoms with Crippen LogP contribution in [-0.4, -0.2) is 30.5 Å². The van der Waals surface area contributed by atoms with Crippen molar-refractivity contribution in [2.45, 2.75) is 26.0 Å². The van der Waals surface area contributed by atoms with Crippen LogP contribution >= 0.6 is 0 Å². The van der Waals surface area contributed by atoms with Gasteiger partial charge in [-0.05, 0) is 33.0 Å². The lowest BCUT2D eigenvalue weighted by Crippen LogP contribution is -2.21. The fourth-order valence-corrected chi connectivity index (χ4v) is 2.14. The van der Waals surface area contributed by atoms with Crippen molar-refractivity contribution in [3.05, 3.63) is 47.7 Å². The topological polar surface area (TPSA) is 56.3 Å². The minimum Gasteiger partial charge on any atom is -0.491 e. The summed E-state index contributed by atoms with van der Waals surface area (Å²) in [4.78, 5) is 0. The Balaban J connectivity index is 2.36. The zero-order valence-corrected chi connectivity index (χ0v) is 12.8. The molecule has 0 amide bonds. The van der Waals surface area contributed by atoms with E-state index in [1.807, 2.05) is 51.2 Å². The van der Waals surface area contributed by atoms with Crippen molar-refractivity contribution in [2.24, 2.45) is 0 Å². The first-order valence-electron chi connectivity index (χ1n) is 6.96. The number of para-hydroxylation sites is 1. The minimum absolute atomic E-state index is 0.0849. The summed E-state index contributed by atoms with van der Waals surface area (Å²) in [5.41, 5.74) is 1.85. The van der Waals surface area contributed by atoms with E-state index in [0.29, 0.717) is 5.88 Å². The summed E-state index contributed by atoms with van der Waals surface area (Å²) in [7, 11) is 3.47. The molecule has 1 heterocycles. The predicted octanol–water partition coefficient (Wildman–Crippen LogP) is 2.58. The number of methoxy groups -OCH3 is 1. The minimum atomic E-state index is -0.0849. The maximum atomic E-state index is 5.88. The molecule has 0 aliphatic rings. The van der Waals surface area contributed by atoms with Gasteiger partial charge in [0.15, 0.2) is 0 Å². The van der Waals surface area contributed by atoms with E-state index in [1.165, 1.54) is 0 Å². The number of rotatable bonds is 6. The smallest absolute Gasteiger partial charge is 0.233 e. The standard InChI is InChI=1S/C16H21N3O2/c1-11(2)21-14-8-6-5-7-12(14)16(17-3)13-9-10-15(20-4)19-18-13/h5-11,16-17H,1-4H3. The monoisotopic (exact) mass is 287 g/mol. The lowest BCUT2D eigenvalue weighted by molar-refractivity contribution is 0.238. The molecule has 0 saturated carbocycles. The van der Waals surface area contributed by atoms with Crippen molar-refractivity contribution in [1.29, 1.82) is 0 Å². The Morgan fingerprint density at radius 3 is 2.38 bits per heavy atom. The number of hydrogen-bond acceptors (Lipinski definition) is 5. The van der Waals surface area contributed by atoms with Crippen molar-refractivity contribution in [2.75, 3.05) is 14.2 Å². The molecule has 0 bridgehead atoms. The Kier molecular flexibility index (Phi) is 5.11. The van der Waals surface area contributed by atoms with E-state index in [1.54, 1.807) is 13.2 Å². The lowest BCUT2D eigenvalue weighted by Gasteiger charge is -2.20. The first-order valence-corrected chi connectivity index (χ1v) is 6.96. The molecule has 1 unspecified atom stereocenters. The highest BCUT2D eigenvalue weighted by Crippen LogP contribution is 2.29. The van der Waals surface area contributed by atoms with Crippen molar-refractivity contribution in [1.82, 2.24) is 15.5 Å². The fourth-order valence-electron chi connectivity index (χ4n) is 2.14. The number of nitrogens with one attached hydrogen (secondary N) is 1. The third kappa shape index (κ3) is 3.70. The summed E-state index contributed by atoms with van der Waals surface area (Å²) in [6.07, 6.45) is 0.116. The van der Waals surface area contributed by atoms with Crippen molar-refractivity contribution in [3.63, 3.8) is 0 Å². The molecule has 0 aliphatic heterocycles. The summed E-state index contributed by atoms with van der Waals surface area (Å²) in [6.45, 7) is 4.02. The third-order valence-electron chi connectivity index (χ3n) is 3.05. The summed E-state index contributed by atoms with van der Waals surface area (Å²) >= 11 is 0. The van der Waals surface area contributed by atoms with Crippen molar-refractivity contribution in [3.8, 4) is 11.6 Å². The van der Waals surface area contributed by atoms with Gasteiger partial charge in [0.1, 0.15) is 5.75 Å². The first kappa shape index (κ1) is 15.3. The molecule has 21 heavy (non-hydrogen) atoms. The molecule has 1 atom stereocenters. The molecule has 0 aliphatic carbocycles. The first-order chi connectivity index (χ1) is 10.2. The zero-order chi connectivity index (χ0) is 15.2. The molecular formula is C16H21N3O2. The highest BCUT2D eigenvalue weighted by atomic mass is 16.5. The number of hydrogen-bond donors (Lipinski definition) is 1. The molecule has 2 rings (SSSR count). The van der Waals surface area contributed by atoms with E-state index in [0.717, 1.165) is 17.0 Å². The SMILES string of the molecule is CNC(c1ccc(OC)nn1)c1ccccc1OC(C)C. The summed E-state index contributed by atoms with van der Waals surface area (Å²) in [5.74, 6) is 1.35. The number of nitrogens with zero attached hydrogens (tertiary/aromatic N) is 2. The van der Waals surface area contributed by atoms with Crippen molar-refractivity contribution < 1.29 is 9.47 Å². The summed E-state index contributed by atoms with van der Waals surface area (Å²) in [5, 5.41) is 11.5. The van der Waals surface area contributed by atoms with Gasteiger partial charge in [-0.1, -0.05) is 18.2 Å². The molecule has 0 saturated heterocycles. The Morgan fingerprint density at radius 1 is 1.05 bits per heavy atom. The molecule has 1 N–H and O–H groups in total. The maximum Gasteiger partial charge on any atom is 0.233 e. The van der Waals surface area contributed by atoms with Gasteiger partial charge in [-0.3, -0.25) is 0 Å². The highest BCUT2D eigenvalue weighted by molar-refractivity contribution is 5.40. The molecule has 112 valence electrons. The normalized spacial score (nSPS) is 12.2. The van der Waals surface area contributed by atoms with Crippen LogP contribution in [0.25, 0.3) is 0 Å². The van der Waals surface area contributed by atoms with E-state index in [9.17, 15) is 0 Å². The Hall–Kier alpha value is -2.14. The largest absolute Gasteiger partial charge is 0.491 e. The summed E-state index contributed by atoms with van der Waals surface area (Å²) < 4.78 is 10.9. The van der Waals surface area contributed by atoms with Crippen LogP contribution in [0.15, 0.2) is 36.4 Å². The van der Waals surface area contributed by atoms with Crippen LogP contribution < -0.4 is 14.8 Å². The van der Waals surface area contributed by atoms with Crippen molar-refractivity contribution >= 4 is 0 Å². The van der Waals surface area contributed by atoms with E-state index < -0.39 is 0 Å². The number of aromatic nitrogens is 2. The molecule has 2 aromatic rings. The van der Waals surface area contributed by atoms with Gasteiger partial charge in [0.25, 0.3) is 0 Å². The van der Waals surface area contributed by atoms with Crippen LogP contribution in [0.3, 0.4) is 0 Å². The average molecular weight is 287 g/mol. The van der Waals surface area contributed by atoms with E-state index in [-0.39, 0.29) is 12.1 Å². The van der Waals surface area contributed by atoms with Gasteiger partial charge in [0.2, 0.25) is 5.88 Å². The molecule has 0 fully saturated rings. The van der Waals surface area contributed by atoms with Crippen LogP contribution in [0, 0.1) is 0 Å². The number of ether oxygens (including phenoxy) is 2. The Morgan fingerprint density at radius 2 is 1.81 bits per heavy atom. The molecule has 5 heteroatoms. The zero-order valence-electron chi connectivity index (χ0n) is 12.8. The van der Waals surface area contributed by atoms with Crippen LogP contribution in [-0.2, 0) is 0 Å². The maximum absolute atomic E-state index is 5.88. The molecule has 1 aromatic carbocycles. The predicted molar refractivity (Wildman–Crippen MR) is 81.7 cm³/mol. The number of benzene rings is 1. The van der Waals surface area contributed by atoms with E-state index >= 15 is 0 Å². The highest BCUT2D eigenvalue weighted by Gasteiger charge is 2.18. The van der Waals surface area contributed by atoms with Gasteiger partial charge in [-0.25, -0.2) is 0 Å². The molecule has 1 aromatic heterocycles. The molecule has 0 spiro atoms. The fraction of sp³-hybridized carbons (Fsp3) is 0.375. The van der Waals surface area contributed by atoms with Crippen LogP contribution in [0.2, 0.25) is 0 Å². The molecule has 0 radical (unpaired) electrons. The van der Waals surface area contributed by atoms with Crippen LogP contribution in [0.1, 0.15) is 31.1 Å². The van der Waals surface area contributed by atoms with Gasteiger partial charge in [-0.2, -0.15) is 0 Å². The summed E-state index contributed by atoms with van der Waals surface area (Å²) in [6, 6.07) is 11.6. The Bertz CT molecular complexity index is 570. The van der Waals surface area contributed by atoms with Gasteiger partial charge in [-0.15, -0.1) is 10.2 Å². The molecular weight excluding hydrogens is 266 g/mol. The van der Waals surface area contributed by atoms with E-state index in [2.05, 4.69) is 15.5 Å². The van der Waals surface area contributed by atoms with Gasteiger partial charge >= 0.3 is 0 Å². The van der Waals surface area contributed by atoms with Crippen LogP contribution in [0.4, 0.5) is 0 Å². The second-order valence-electron chi connectivity index (χ2n) is 4.93. The molecule has 5 nitrogen and oxygen atoms in total. The quantitative estimate of drug-likeness (QED) is 0.885. The van der Waals surface area contributed by atoms with Gasteiger partial charge in [0, 0.05) is 11.6 Å². The average Bonchev–Trinajstić information content (AvgIpc) is 2.50. The third-order valence-corrected chi connectivity index (χ3v) is 3.05. The van der Waals surface area contributed by atoms with E-state index in [4.69, 9.17) is 9.47 Å². The van der Waals surface area contributed by atoms with Gasteiger partial charge in [0.05, 0.1) is 24.9 Å². The Labute approximate surface area is 125 Å². The second kappa shape index (κ2) is 7.04. The van der Waals surface area contributed by atoms with Crippen LogP contribution in [0.5, 0.6) is 11.6 Å². The second-order valence-corrected chi connectivity index (χ2v) is 4.93. The lowest BCUT2D eigenvalue weighted by atomic mass is 10.0. The van der Waals surface area contributed by atoms with Gasteiger partial charge < -0.3 is 14.8 Å².